The van der Waals surface area contributed by atoms with Crippen molar-refractivity contribution in [2.24, 2.45) is 11.8 Å². The first-order valence-electron chi connectivity index (χ1n) is 8.02. The molecule has 0 aliphatic heterocycles. The average molecular weight is 319 g/mol. The molecule has 6 heteroatoms. The average Bonchev–Trinajstić information content (AvgIpc) is 2.60. The molecule has 0 unspecified atom stereocenters. The van der Waals surface area contributed by atoms with Gasteiger partial charge in [-0.1, -0.05) is 12.1 Å². The zero-order valence-electron chi connectivity index (χ0n) is 13.5. The molecule has 1 saturated carbocycles. The molecule has 1 aliphatic carbocycles. The maximum Gasteiger partial charge on any atom is 0.305 e. The van der Waals surface area contributed by atoms with Gasteiger partial charge in [-0.05, 0) is 55.2 Å². The van der Waals surface area contributed by atoms with E-state index in [-0.39, 0.29) is 18.4 Å². The predicted octanol–water partition coefficient (Wildman–Crippen LogP) is 1.93. The highest BCUT2D eigenvalue weighted by molar-refractivity contribution is 5.80. The van der Waals surface area contributed by atoms with Crippen LogP contribution in [0.2, 0.25) is 0 Å². The van der Waals surface area contributed by atoms with E-state index in [9.17, 15) is 9.59 Å². The zero-order valence-corrected chi connectivity index (χ0v) is 13.5. The normalized spacial score (nSPS) is 20.6. The van der Waals surface area contributed by atoms with E-state index in [4.69, 9.17) is 10.6 Å². The summed E-state index contributed by atoms with van der Waals surface area (Å²) in [7, 11) is 1.45. The zero-order chi connectivity index (χ0) is 16.7. The first-order valence-corrected chi connectivity index (χ1v) is 8.02. The molecule has 0 atom stereocenters. The molecule has 0 saturated heterocycles. The molecule has 0 aromatic heterocycles. The second-order valence-corrected chi connectivity index (χ2v) is 6.04. The Kier molecular flexibility index (Phi) is 6.40. The molecule has 1 aromatic rings. The van der Waals surface area contributed by atoms with E-state index < -0.39 is 0 Å². The monoisotopic (exact) mass is 319 g/mol. The number of anilines is 1. The van der Waals surface area contributed by atoms with Crippen LogP contribution < -0.4 is 16.6 Å². The van der Waals surface area contributed by atoms with Gasteiger partial charge in [0.05, 0.1) is 13.7 Å². The summed E-state index contributed by atoms with van der Waals surface area (Å²) in [5, 5.41) is 3.02. The molecule has 1 aromatic carbocycles. The molecule has 0 heterocycles. The van der Waals surface area contributed by atoms with Gasteiger partial charge in [0.2, 0.25) is 0 Å². The Morgan fingerprint density at radius 2 is 1.83 bits per heavy atom. The molecule has 1 fully saturated rings. The van der Waals surface area contributed by atoms with Gasteiger partial charge in [0.15, 0.2) is 0 Å². The van der Waals surface area contributed by atoms with Crippen LogP contribution in [-0.2, 0) is 14.3 Å². The van der Waals surface area contributed by atoms with Crippen molar-refractivity contribution in [1.82, 2.24) is 5.43 Å². The van der Waals surface area contributed by atoms with Gasteiger partial charge in [0.25, 0.3) is 5.91 Å². The number of hydrogen-bond acceptors (Lipinski definition) is 5. The smallest absolute Gasteiger partial charge is 0.305 e. The Balaban J connectivity index is 1.82. The number of methoxy groups -OCH3 is 1. The number of nitrogens with two attached hydrogens (primary N) is 1. The van der Waals surface area contributed by atoms with E-state index in [1.165, 1.54) is 12.7 Å². The number of hydrogen-bond donors (Lipinski definition) is 3. The fraction of sp³-hybridized carbons (Fsp3) is 0.529. The Labute approximate surface area is 136 Å². The summed E-state index contributed by atoms with van der Waals surface area (Å²) in [6.07, 6.45) is 4.87. The molecule has 1 aliphatic rings. The van der Waals surface area contributed by atoms with Crippen LogP contribution in [0.25, 0.3) is 0 Å². The Morgan fingerprint density at radius 1 is 1.17 bits per heavy atom. The summed E-state index contributed by atoms with van der Waals surface area (Å²) in [5.74, 6) is 5.68. The minimum atomic E-state index is -0.252. The van der Waals surface area contributed by atoms with E-state index in [1.807, 2.05) is 12.1 Å². The third kappa shape index (κ3) is 5.25. The van der Waals surface area contributed by atoms with E-state index in [1.54, 1.807) is 0 Å². The second-order valence-electron chi connectivity index (χ2n) is 6.04. The first kappa shape index (κ1) is 17.3. The largest absolute Gasteiger partial charge is 0.469 e. The lowest BCUT2D eigenvalue weighted by Crippen LogP contribution is -2.35. The van der Waals surface area contributed by atoms with E-state index in [0.29, 0.717) is 18.3 Å². The minimum absolute atomic E-state index is 0.106. The fourth-order valence-corrected chi connectivity index (χ4v) is 3.13. The molecule has 23 heavy (non-hydrogen) atoms. The van der Waals surface area contributed by atoms with Crippen molar-refractivity contribution in [2.75, 3.05) is 19.0 Å². The highest BCUT2D eigenvalue weighted by Crippen LogP contribution is 2.37. The van der Waals surface area contributed by atoms with Crippen LogP contribution >= 0.6 is 0 Å². The standard InChI is InChI=1S/C17H25N3O3/c1-23-17(22)10-12-2-4-13(5-3-12)14-6-8-15(9-7-14)19-11-16(21)20-18/h6-9,12-13,19H,2-5,10-11,18H2,1H3,(H,20,21). The van der Waals surface area contributed by atoms with E-state index >= 15 is 0 Å². The van der Waals surface area contributed by atoms with Crippen LogP contribution in [0, 0.1) is 5.92 Å². The lowest BCUT2D eigenvalue weighted by molar-refractivity contribution is -0.142. The number of nitrogens with one attached hydrogen (secondary N) is 2. The van der Waals surface area contributed by atoms with Crippen molar-refractivity contribution >= 4 is 17.6 Å². The SMILES string of the molecule is COC(=O)CC1CCC(c2ccc(NCC(=O)NN)cc2)CC1. The number of hydrazine groups is 1. The molecule has 2 rings (SSSR count). The van der Waals surface area contributed by atoms with Gasteiger partial charge in [-0.15, -0.1) is 0 Å². The lowest BCUT2D eigenvalue weighted by Gasteiger charge is -2.28. The molecule has 6 nitrogen and oxygen atoms in total. The fourth-order valence-electron chi connectivity index (χ4n) is 3.13. The molecule has 126 valence electrons. The Bertz CT molecular complexity index is 522. The van der Waals surface area contributed by atoms with Gasteiger partial charge < -0.3 is 10.1 Å². The number of rotatable bonds is 6. The van der Waals surface area contributed by atoms with Crippen LogP contribution in [-0.4, -0.2) is 25.5 Å². The summed E-state index contributed by atoms with van der Waals surface area (Å²) in [6, 6.07) is 8.18. The summed E-state index contributed by atoms with van der Waals surface area (Å²) < 4.78 is 4.74. The minimum Gasteiger partial charge on any atom is -0.469 e. The van der Waals surface area contributed by atoms with Gasteiger partial charge in [-0.3, -0.25) is 15.0 Å². The molecular weight excluding hydrogens is 294 g/mol. The highest BCUT2D eigenvalue weighted by Gasteiger charge is 2.24. The van der Waals surface area contributed by atoms with Gasteiger partial charge >= 0.3 is 5.97 Å². The van der Waals surface area contributed by atoms with Crippen LogP contribution in [0.4, 0.5) is 5.69 Å². The van der Waals surface area contributed by atoms with Crippen molar-refractivity contribution in [2.45, 2.75) is 38.0 Å². The maximum absolute atomic E-state index is 11.3. The number of amides is 1. The molecular formula is C17H25N3O3. The maximum atomic E-state index is 11.3. The van der Waals surface area contributed by atoms with Crippen molar-refractivity contribution in [1.29, 1.82) is 0 Å². The second kappa shape index (κ2) is 8.53. The highest BCUT2D eigenvalue weighted by atomic mass is 16.5. The van der Waals surface area contributed by atoms with E-state index in [0.717, 1.165) is 31.4 Å². The van der Waals surface area contributed by atoms with Crippen molar-refractivity contribution < 1.29 is 14.3 Å². The summed E-state index contributed by atoms with van der Waals surface area (Å²) >= 11 is 0. The van der Waals surface area contributed by atoms with Gasteiger partial charge in [-0.2, -0.15) is 0 Å². The Morgan fingerprint density at radius 3 is 2.39 bits per heavy atom. The van der Waals surface area contributed by atoms with Crippen molar-refractivity contribution in [3.05, 3.63) is 29.8 Å². The molecule has 4 N–H and O–H groups in total. The number of carbonyl (C=O) groups is 2. The summed E-state index contributed by atoms with van der Waals surface area (Å²) in [6.45, 7) is 0.161. The topological polar surface area (TPSA) is 93.4 Å². The summed E-state index contributed by atoms with van der Waals surface area (Å²) in [5.41, 5.74) is 4.30. The van der Waals surface area contributed by atoms with Gasteiger partial charge in [0.1, 0.15) is 0 Å². The summed E-state index contributed by atoms with van der Waals surface area (Å²) in [4.78, 5) is 22.4. The number of ether oxygens (including phenoxy) is 1. The molecule has 0 bridgehead atoms. The lowest BCUT2D eigenvalue weighted by atomic mass is 9.77. The van der Waals surface area contributed by atoms with Gasteiger partial charge in [0, 0.05) is 12.1 Å². The Hall–Kier alpha value is -2.08. The third-order valence-corrected chi connectivity index (χ3v) is 4.53. The van der Waals surface area contributed by atoms with Crippen LogP contribution in [0.3, 0.4) is 0 Å². The third-order valence-electron chi connectivity index (χ3n) is 4.53. The van der Waals surface area contributed by atoms with E-state index in [2.05, 4.69) is 22.9 Å². The van der Waals surface area contributed by atoms with Crippen LogP contribution in [0.15, 0.2) is 24.3 Å². The number of carbonyl (C=O) groups excluding carboxylic acids is 2. The van der Waals surface area contributed by atoms with Crippen molar-refractivity contribution in [3.63, 3.8) is 0 Å². The number of benzene rings is 1. The first-order chi connectivity index (χ1) is 11.1. The molecule has 0 radical (unpaired) electrons. The van der Waals surface area contributed by atoms with Crippen LogP contribution in [0.5, 0.6) is 0 Å². The molecule has 0 spiro atoms. The quantitative estimate of drug-likeness (QED) is 0.322. The number of esters is 1. The predicted molar refractivity (Wildman–Crippen MR) is 88.6 cm³/mol. The molecule has 1 amide bonds. The van der Waals surface area contributed by atoms with Crippen LogP contribution in [0.1, 0.15) is 43.6 Å². The van der Waals surface area contributed by atoms with Gasteiger partial charge in [-0.25, -0.2) is 5.84 Å². The van der Waals surface area contributed by atoms with Crippen molar-refractivity contribution in [3.8, 4) is 0 Å².